The van der Waals surface area contributed by atoms with Gasteiger partial charge in [-0.25, -0.2) is 4.68 Å². The van der Waals surface area contributed by atoms with Gasteiger partial charge in [0.15, 0.2) is 0 Å². The molecule has 7 heteroatoms. The van der Waals surface area contributed by atoms with Crippen molar-refractivity contribution >= 4 is 17.5 Å². The van der Waals surface area contributed by atoms with E-state index in [0.717, 1.165) is 28.7 Å². The molecule has 2 aromatic rings. The summed E-state index contributed by atoms with van der Waals surface area (Å²) in [5, 5.41) is 9.73. The number of nitrogens with zero attached hydrogens (tertiary/aromatic N) is 2. The van der Waals surface area contributed by atoms with Crippen LogP contribution >= 0.6 is 0 Å². The van der Waals surface area contributed by atoms with E-state index in [4.69, 9.17) is 0 Å². The SMILES string of the molecule is Cc1ccc(NC(=O)c2ccc(=O)n(CCC(=O)NC3CC3)n2)cc1C. The number of carbonyl (C=O) groups is 2. The number of amides is 2. The molecule has 1 aliphatic rings. The molecule has 1 fully saturated rings. The summed E-state index contributed by atoms with van der Waals surface area (Å²) in [6.45, 7) is 4.11. The van der Waals surface area contributed by atoms with Crippen molar-refractivity contribution in [2.24, 2.45) is 0 Å². The van der Waals surface area contributed by atoms with Gasteiger partial charge >= 0.3 is 0 Å². The van der Waals surface area contributed by atoms with Gasteiger partial charge in [0.05, 0.1) is 6.54 Å². The summed E-state index contributed by atoms with van der Waals surface area (Å²) in [6.07, 6.45) is 2.18. The molecule has 0 radical (unpaired) electrons. The highest BCUT2D eigenvalue weighted by molar-refractivity contribution is 6.02. The summed E-state index contributed by atoms with van der Waals surface area (Å²) < 4.78 is 1.15. The molecule has 136 valence electrons. The second-order valence-electron chi connectivity index (χ2n) is 6.62. The van der Waals surface area contributed by atoms with Crippen molar-refractivity contribution in [3.05, 3.63) is 57.5 Å². The zero-order valence-electron chi connectivity index (χ0n) is 14.9. The zero-order valence-corrected chi connectivity index (χ0v) is 14.9. The Labute approximate surface area is 151 Å². The summed E-state index contributed by atoms with van der Waals surface area (Å²) in [4.78, 5) is 36.1. The Morgan fingerprint density at radius 2 is 1.92 bits per heavy atom. The molecule has 1 aromatic heterocycles. The van der Waals surface area contributed by atoms with Crippen LogP contribution in [-0.2, 0) is 11.3 Å². The van der Waals surface area contributed by atoms with Crippen LogP contribution in [0.1, 0.15) is 40.9 Å². The van der Waals surface area contributed by atoms with E-state index in [1.54, 1.807) is 0 Å². The fourth-order valence-electron chi connectivity index (χ4n) is 2.48. The number of carbonyl (C=O) groups excluding carboxylic acids is 2. The number of benzene rings is 1. The number of aryl methyl sites for hydroxylation is 3. The first-order chi connectivity index (χ1) is 12.4. The first-order valence-corrected chi connectivity index (χ1v) is 8.68. The topological polar surface area (TPSA) is 93.1 Å². The third-order valence-electron chi connectivity index (χ3n) is 4.36. The molecule has 2 amide bonds. The van der Waals surface area contributed by atoms with Crippen molar-refractivity contribution in [3.63, 3.8) is 0 Å². The maximum Gasteiger partial charge on any atom is 0.276 e. The predicted octanol–water partition coefficient (Wildman–Crippen LogP) is 1.78. The van der Waals surface area contributed by atoms with Crippen LogP contribution in [0.4, 0.5) is 5.69 Å². The molecule has 0 unspecified atom stereocenters. The van der Waals surface area contributed by atoms with Gasteiger partial charge in [-0.15, -0.1) is 0 Å². The lowest BCUT2D eigenvalue weighted by molar-refractivity contribution is -0.121. The molecule has 3 rings (SSSR count). The smallest absolute Gasteiger partial charge is 0.276 e. The minimum atomic E-state index is -0.399. The second kappa shape index (κ2) is 7.51. The average Bonchev–Trinajstić information content (AvgIpc) is 3.41. The summed E-state index contributed by atoms with van der Waals surface area (Å²) in [6, 6.07) is 8.59. The van der Waals surface area contributed by atoms with Crippen molar-refractivity contribution in [1.29, 1.82) is 0 Å². The van der Waals surface area contributed by atoms with Gasteiger partial charge in [-0.3, -0.25) is 14.4 Å². The summed E-state index contributed by atoms with van der Waals surface area (Å²) in [7, 11) is 0. The van der Waals surface area contributed by atoms with Crippen LogP contribution in [0.5, 0.6) is 0 Å². The number of aromatic nitrogens is 2. The van der Waals surface area contributed by atoms with Crippen molar-refractivity contribution in [2.45, 2.75) is 45.7 Å². The Kier molecular flexibility index (Phi) is 5.16. The lowest BCUT2D eigenvalue weighted by atomic mass is 10.1. The summed E-state index contributed by atoms with van der Waals surface area (Å²) in [5.74, 6) is -0.504. The lowest BCUT2D eigenvalue weighted by Crippen LogP contribution is -2.30. The van der Waals surface area contributed by atoms with Crippen molar-refractivity contribution in [3.8, 4) is 0 Å². The third-order valence-corrected chi connectivity index (χ3v) is 4.36. The molecule has 1 saturated carbocycles. The maximum absolute atomic E-state index is 12.4. The fraction of sp³-hybridized carbons (Fsp3) is 0.368. The molecule has 1 aliphatic carbocycles. The molecular weight excluding hydrogens is 332 g/mol. The van der Waals surface area contributed by atoms with Crippen molar-refractivity contribution in [2.75, 3.05) is 5.32 Å². The van der Waals surface area contributed by atoms with Gasteiger partial charge in [-0.2, -0.15) is 5.10 Å². The van der Waals surface area contributed by atoms with Gasteiger partial charge < -0.3 is 10.6 Å². The number of rotatable bonds is 6. The number of nitrogens with one attached hydrogen (secondary N) is 2. The fourth-order valence-corrected chi connectivity index (χ4v) is 2.48. The van der Waals surface area contributed by atoms with E-state index >= 15 is 0 Å². The lowest BCUT2D eigenvalue weighted by Gasteiger charge is -2.09. The first kappa shape index (κ1) is 17.8. The molecule has 1 heterocycles. The molecule has 0 bridgehead atoms. The molecule has 7 nitrogen and oxygen atoms in total. The van der Waals surface area contributed by atoms with Gasteiger partial charge in [-0.05, 0) is 56.0 Å². The molecule has 1 aromatic carbocycles. The van der Waals surface area contributed by atoms with Gasteiger partial charge in [0.25, 0.3) is 11.5 Å². The van der Waals surface area contributed by atoms with E-state index in [2.05, 4.69) is 15.7 Å². The van der Waals surface area contributed by atoms with E-state index in [9.17, 15) is 14.4 Å². The Hall–Kier alpha value is -2.96. The largest absolute Gasteiger partial charge is 0.353 e. The molecule has 0 spiro atoms. The number of hydrogen-bond donors (Lipinski definition) is 2. The Morgan fingerprint density at radius 3 is 2.62 bits per heavy atom. The highest BCUT2D eigenvalue weighted by Gasteiger charge is 2.23. The second-order valence-corrected chi connectivity index (χ2v) is 6.62. The zero-order chi connectivity index (χ0) is 18.7. The van der Waals surface area contributed by atoms with E-state index < -0.39 is 5.91 Å². The standard InChI is InChI=1S/C19H22N4O3/c1-12-3-4-15(11-13(12)2)21-19(26)16-7-8-18(25)23(22-16)10-9-17(24)20-14-5-6-14/h3-4,7-8,11,14H,5-6,9-10H2,1-2H3,(H,20,24)(H,21,26). The van der Waals surface area contributed by atoms with Crippen LogP contribution in [0.3, 0.4) is 0 Å². The molecule has 2 N–H and O–H groups in total. The Bertz CT molecular complexity index is 900. The molecule has 26 heavy (non-hydrogen) atoms. The van der Waals surface area contributed by atoms with E-state index in [-0.39, 0.29) is 36.2 Å². The van der Waals surface area contributed by atoms with Crippen molar-refractivity contribution in [1.82, 2.24) is 15.1 Å². The monoisotopic (exact) mass is 354 g/mol. The van der Waals surface area contributed by atoms with E-state index in [1.807, 2.05) is 32.0 Å². The van der Waals surface area contributed by atoms with Crippen LogP contribution in [0.2, 0.25) is 0 Å². The van der Waals surface area contributed by atoms with Crippen LogP contribution < -0.4 is 16.2 Å². The van der Waals surface area contributed by atoms with Gasteiger partial charge in [0.1, 0.15) is 5.69 Å². The first-order valence-electron chi connectivity index (χ1n) is 8.68. The molecule has 0 aliphatic heterocycles. The summed E-state index contributed by atoms with van der Waals surface area (Å²) >= 11 is 0. The number of hydrogen-bond acceptors (Lipinski definition) is 4. The van der Waals surface area contributed by atoms with Crippen LogP contribution in [0.15, 0.2) is 35.1 Å². The number of anilines is 1. The quantitative estimate of drug-likeness (QED) is 0.827. The molecular formula is C19H22N4O3. The van der Waals surface area contributed by atoms with E-state index in [1.165, 1.54) is 12.1 Å². The highest BCUT2D eigenvalue weighted by Crippen LogP contribution is 2.18. The Morgan fingerprint density at radius 1 is 1.15 bits per heavy atom. The molecule has 0 atom stereocenters. The van der Waals surface area contributed by atoms with Gasteiger partial charge in [0, 0.05) is 24.2 Å². The van der Waals surface area contributed by atoms with Gasteiger partial charge in [-0.1, -0.05) is 6.07 Å². The average molecular weight is 354 g/mol. The van der Waals surface area contributed by atoms with Crippen LogP contribution in [-0.4, -0.2) is 27.6 Å². The molecule has 0 saturated heterocycles. The highest BCUT2D eigenvalue weighted by atomic mass is 16.2. The summed E-state index contributed by atoms with van der Waals surface area (Å²) in [5.41, 5.74) is 2.67. The normalized spacial score (nSPS) is 13.3. The third kappa shape index (κ3) is 4.56. The van der Waals surface area contributed by atoms with Crippen LogP contribution in [0, 0.1) is 13.8 Å². The minimum Gasteiger partial charge on any atom is -0.353 e. The van der Waals surface area contributed by atoms with E-state index in [0.29, 0.717) is 5.69 Å². The maximum atomic E-state index is 12.4. The van der Waals surface area contributed by atoms with Crippen LogP contribution in [0.25, 0.3) is 0 Å². The predicted molar refractivity (Wildman–Crippen MR) is 98.1 cm³/mol. The van der Waals surface area contributed by atoms with Gasteiger partial charge in [0.2, 0.25) is 5.91 Å². The van der Waals surface area contributed by atoms with Crippen molar-refractivity contribution < 1.29 is 9.59 Å². The minimum absolute atomic E-state index is 0.105. The Balaban J connectivity index is 1.67.